The van der Waals surface area contributed by atoms with Crippen LogP contribution < -0.4 is 16.2 Å². The molecule has 1 aliphatic heterocycles. The van der Waals surface area contributed by atoms with Crippen molar-refractivity contribution in [3.05, 3.63) is 105 Å². The van der Waals surface area contributed by atoms with E-state index in [0.29, 0.717) is 16.5 Å². The molecule has 0 saturated carbocycles. The molecule has 5 nitrogen and oxygen atoms in total. The summed E-state index contributed by atoms with van der Waals surface area (Å²) in [7, 11) is 1.92. The lowest BCUT2D eigenvalue weighted by molar-refractivity contribution is 0.618. The van der Waals surface area contributed by atoms with Gasteiger partial charge in [-0.25, -0.2) is 9.49 Å². The molecule has 1 aromatic heterocycles. The van der Waals surface area contributed by atoms with E-state index < -0.39 is 11.4 Å². The number of hydrogen-bond donors (Lipinski definition) is 3. The van der Waals surface area contributed by atoms with Crippen molar-refractivity contribution >= 4 is 16.5 Å². The topological polar surface area (TPSA) is 69.8 Å². The lowest BCUT2D eigenvalue weighted by Gasteiger charge is -2.34. The molecule has 0 amide bonds. The van der Waals surface area contributed by atoms with Gasteiger partial charge in [0, 0.05) is 17.6 Å². The predicted molar refractivity (Wildman–Crippen MR) is 116 cm³/mol. The van der Waals surface area contributed by atoms with Crippen LogP contribution in [0.4, 0.5) is 10.1 Å². The number of nitrogens with one attached hydrogen (secondary N) is 3. The minimum Gasteiger partial charge on any atom is -0.377 e. The second-order valence-electron chi connectivity index (χ2n) is 7.60. The summed E-state index contributed by atoms with van der Waals surface area (Å²) < 4.78 is 14.3. The smallest absolute Gasteiger partial charge is 0.272 e. The third-order valence-electron chi connectivity index (χ3n) is 5.70. The number of aromatic nitrogens is 2. The van der Waals surface area contributed by atoms with E-state index in [0.717, 1.165) is 23.4 Å². The summed E-state index contributed by atoms with van der Waals surface area (Å²) in [5.41, 5.74) is 4.27. The number of aromatic amines is 1. The number of hydrogen-bond acceptors (Lipinski definition) is 4. The Bertz CT molecular complexity index is 1270. The van der Waals surface area contributed by atoms with Crippen LogP contribution in [0.1, 0.15) is 34.3 Å². The number of rotatable bonds is 4. The van der Waals surface area contributed by atoms with E-state index >= 15 is 0 Å². The Balaban J connectivity index is 1.73. The first-order chi connectivity index (χ1) is 14.7. The van der Waals surface area contributed by atoms with Crippen molar-refractivity contribution < 1.29 is 4.39 Å². The summed E-state index contributed by atoms with van der Waals surface area (Å²) in [6.45, 7) is 0.788. The molecule has 2 heterocycles. The van der Waals surface area contributed by atoms with Crippen molar-refractivity contribution in [1.82, 2.24) is 15.5 Å². The molecule has 0 saturated heterocycles. The highest BCUT2D eigenvalue weighted by Crippen LogP contribution is 2.46. The second-order valence-corrected chi connectivity index (χ2v) is 7.60. The van der Waals surface area contributed by atoms with E-state index in [1.807, 2.05) is 25.2 Å². The van der Waals surface area contributed by atoms with Crippen LogP contribution in [-0.4, -0.2) is 17.2 Å². The molecule has 1 aliphatic rings. The van der Waals surface area contributed by atoms with E-state index in [9.17, 15) is 9.18 Å². The number of H-pyrrole nitrogens is 1. The van der Waals surface area contributed by atoms with Gasteiger partial charge in [0.05, 0.1) is 23.0 Å². The van der Waals surface area contributed by atoms with Crippen molar-refractivity contribution in [2.24, 2.45) is 0 Å². The van der Waals surface area contributed by atoms with E-state index in [1.54, 1.807) is 0 Å². The molecule has 5 rings (SSSR count). The fraction of sp³-hybridized carbons (Fsp3) is 0.167. The summed E-state index contributed by atoms with van der Waals surface area (Å²) in [5.74, 6) is -0.590. The van der Waals surface area contributed by atoms with Crippen LogP contribution in [0.3, 0.4) is 0 Å². The molecule has 0 unspecified atom stereocenters. The first kappa shape index (κ1) is 18.5. The van der Waals surface area contributed by atoms with Crippen LogP contribution in [-0.2, 0) is 6.54 Å². The number of anilines is 1. The zero-order valence-electron chi connectivity index (χ0n) is 16.4. The zero-order chi connectivity index (χ0) is 20.7. The molecule has 6 heteroatoms. The minimum absolute atomic E-state index is 0.140. The average Bonchev–Trinajstić information content (AvgIpc) is 2.77. The minimum atomic E-state index is -0.450. The summed E-state index contributed by atoms with van der Waals surface area (Å²) in [5, 5.41) is 14.6. The highest BCUT2D eigenvalue weighted by Gasteiger charge is 2.35. The largest absolute Gasteiger partial charge is 0.377 e. The summed E-state index contributed by atoms with van der Waals surface area (Å²) >= 11 is 0. The Kier molecular flexibility index (Phi) is 4.56. The SMILES string of the molecule is CNCc1ccc([C@@H]2Nc3cc(F)cc4c(=O)[nH]nc(c34)[C@@H]2c2ccccc2)cc1. The normalized spacial score (nSPS) is 17.7. The Morgan fingerprint density at radius 3 is 2.53 bits per heavy atom. The third kappa shape index (κ3) is 3.06. The molecule has 150 valence electrons. The van der Waals surface area contributed by atoms with Gasteiger partial charge in [-0.05, 0) is 35.9 Å². The van der Waals surface area contributed by atoms with Gasteiger partial charge < -0.3 is 10.6 Å². The standard InChI is InChI=1S/C24H21FN4O/c1-26-13-14-7-9-16(10-8-14)22-20(15-5-3-2-4-6-15)23-21-18(24(30)29-28-23)11-17(25)12-19(21)27-22/h2-12,20,22,26-27H,13H2,1H3,(H,29,30)/t20-,22+/m1/s1. The van der Waals surface area contributed by atoms with Crippen molar-refractivity contribution in [1.29, 1.82) is 0 Å². The molecule has 4 aromatic rings. The molecule has 2 atom stereocenters. The fourth-order valence-electron chi connectivity index (χ4n) is 4.37. The van der Waals surface area contributed by atoms with Crippen LogP contribution in [0.2, 0.25) is 0 Å². The number of halogens is 1. The van der Waals surface area contributed by atoms with Gasteiger partial charge >= 0.3 is 0 Å². The van der Waals surface area contributed by atoms with Crippen LogP contribution >= 0.6 is 0 Å². The Morgan fingerprint density at radius 2 is 1.80 bits per heavy atom. The molecule has 0 fully saturated rings. The molecular formula is C24H21FN4O. The van der Waals surface area contributed by atoms with Gasteiger partial charge in [0.2, 0.25) is 0 Å². The van der Waals surface area contributed by atoms with Crippen LogP contribution in [0.15, 0.2) is 71.5 Å². The first-order valence-corrected chi connectivity index (χ1v) is 9.92. The Hall–Kier alpha value is -3.51. The lowest BCUT2D eigenvalue weighted by atomic mass is 9.80. The van der Waals surface area contributed by atoms with Gasteiger partial charge in [-0.15, -0.1) is 0 Å². The van der Waals surface area contributed by atoms with Crippen LogP contribution in [0.5, 0.6) is 0 Å². The molecule has 3 aromatic carbocycles. The van der Waals surface area contributed by atoms with Crippen LogP contribution in [0.25, 0.3) is 10.8 Å². The van der Waals surface area contributed by atoms with Gasteiger partial charge in [-0.1, -0.05) is 54.6 Å². The van der Waals surface area contributed by atoms with Gasteiger partial charge in [-0.2, -0.15) is 5.10 Å². The second kappa shape index (κ2) is 7.39. The predicted octanol–water partition coefficient (Wildman–Crippen LogP) is 4.08. The summed E-state index contributed by atoms with van der Waals surface area (Å²) in [6.07, 6.45) is 0. The molecule has 0 radical (unpaired) electrons. The maximum absolute atomic E-state index is 14.3. The highest BCUT2D eigenvalue weighted by molar-refractivity contribution is 5.97. The Labute approximate surface area is 173 Å². The molecule has 0 spiro atoms. The number of nitrogens with zero attached hydrogens (tertiary/aromatic N) is 1. The van der Waals surface area contributed by atoms with Crippen molar-refractivity contribution in [3.63, 3.8) is 0 Å². The lowest BCUT2D eigenvalue weighted by Crippen LogP contribution is -2.28. The molecule has 3 N–H and O–H groups in total. The summed E-state index contributed by atoms with van der Waals surface area (Å²) in [4.78, 5) is 12.4. The Morgan fingerprint density at radius 1 is 1.03 bits per heavy atom. The van der Waals surface area contributed by atoms with E-state index in [1.165, 1.54) is 17.7 Å². The quantitative estimate of drug-likeness (QED) is 0.483. The monoisotopic (exact) mass is 400 g/mol. The molecular weight excluding hydrogens is 379 g/mol. The van der Waals surface area contributed by atoms with Gasteiger partial charge in [0.15, 0.2) is 0 Å². The van der Waals surface area contributed by atoms with Gasteiger partial charge in [0.1, 0.15) is 5.82 Å². The van der Waals surface area contributed by atoms with Crippen molar-refractivity contribution in [2.75, 3.05) is 12.4 Å². The maximum atomic E-state index is 14.3. The van der Waals surface area contributed by atoms with Gasteiger partial charge in [-0.3, -0.25) is 4.79 Å². The van der Waals surface area contributed by atoms with Crippen molar-refractivity contribution in [3.8, 4) is 0 Å². The first-order valence-electron chi connectivity index (χ1n) is 9.92. The molecule has 0 aliphatic carbocycles. The molecule has 0 bridgehead atoms. The van der Waals surface area contributed by atoms with Gasteiger partial charge in [0.25, 0.3) is 5.56 Å². The van der Waals surface area contributed by atoms with Crippen molar-refractivity contribution in [2.45, 2.75) is 18.5 Å². The van der Waals surface area contributed by atoms with E-state index in [4.69, 9.17) is 0 Å². The van der Waals surface area contributed by atoms with E-state index in [-0.39, 0.29) is 12.0 Å². The summed E-state index contributed by atoms with van der Waals surface area (Å²) in [6, 6.07) is 21.0. The molecule has 30 heavy (non-hydrogen) atoms. The average molecular weight is 400 g/mol. The van der Waals surface area contributed by atoms with E-state index in [2.05, 4.69) is 57.2 Å². The maximum Gasteiger partial charge on any atom is 0.272 e. The number of benzene rings is 3. The fourth-order valence-corrected chi connectivity index (χ4v) is 4.37. The van der Waals surface area contributed by atoms with Crippen LogP contribution in [0, 0.1) is 5.82 Å². The highest BCUT2D eigenvalue weighted by atomic mass is 19.1. The third-order valence-corrected chi connectivity index (χ3v) is 5.70. The zero-order valence-corrected chi connectivity index (χ0v) is 16.4.